The van der Waals surface area contributed by atoms with Gasteiger partial charge in [0.05, 0.1) is 5.54 Å². The monoisotopic (exact) mass is 299 g/mol. The molecule has 1 fully saturated rings. The van der Waals surface area contributed by atoms with Crippen LogP contribution in [0.4, 0.5) is 0 Å². The molecule has 0 aromatic carbocycles. The molecule has 3 nitrogen and oxygen atoms in total. The van der Waals surface area contributed by atoms with Crippen LogP contribution in [0.3, 0.4) is 0 Å². The predicted octanol–water partition coefficient (Wildman–Crippen LogP) is 3.02. The standard InChI is InChI=1S/C11H19Cl2NO2S/c1-4-5-6-7-11(2,3)14-10(15)8(12)9(13)17(14)16/h8-9H,4-7H2,1-3H3. The minimum Gasteiger partial charge on any atom is -0.272 e. The normalized spacial score (nSPS) is 30.1. The Hall–Kier alpha value is 0.200. The van der Waals surface area contributed by atoms with Gasteiger partial charge in [0.2, 0.25) is 0 Å². The molecule has 0 saturated carbocycles. The Morgan fingerprint density at radius 3 is 2.35 bits per heavy atom. The average molecular weight is 300 g/mol. The first-order valence-corrected chi connectivity index (χ1v) is 7.90. The molecular weight excluding hydrogens is 281 g/mol. The van der Waals surface area contributed by atoms with Crippen molar-refractivity contribution >= 4 is 40.1 Å². The van der Waals surface area contributed by atoms with Gasteiger partial charge in [-0.15, -0.1) is 23.2 Å². The molecule has 6 heteroatoms. The molecule has 0 radical (unpaired) electrons. The molecule has 100 valence electrons. The van der Waals surface area contributed by atoms with Gasteiger partial charge in [-0.3, -0.25) is 9.10 Å². The zero-order valence-corrected chi connectivity index (χ0v) is 12.7. The molecule has 0 N–H and O–H groups in total. The molecule has 0 aliphatic carbocycles. The number of nitrogens with zero attached hydrogens (tertiary/aromatic N) is 1. The maximum atomic E-state index is 12.0. The van der Waals surface area contributed by atoms with Crippen LogP contribution in [0.15, 0.2) is 0 Å². The predicted molar refractivity (Wildman–Crippen MR) is 72.5 cm³/mol. The van der Waals surface area contributed by atoms with E-state index in [4.69, 9.17) is 23.2 Å². The summed E-state index contributed by atoms with van der Waals surface area (Å²) in [5, 5.41) is -0.872. The smallest absolute Gasteiger partial charge is 0.255 e. The van der Waals surface area contributed by atoms with Crippen molar-refractivity contribution < 1.29 is 9.00 Å². The Bertz CT molecular complexity index is 303. The minimum atomic E-state index is -1.52. The lowest BCUT2D eigenvalue weighted by atomic mass is 9.96. The maximum absolute atomic E-state index is 12.0. The third kappa shape index (κ3) is 3.15. The Morgan fingerprint density at radius 2 is 1.94 bits per heavy atom. The van der Waals surface area contributed by atoms with Crippen LogP contribution in [0, 0.1) is 0 Å². The number of amides is 1. The quantitative estimate of drug-likeness (QED) is 0.578. The SMILES string of the molecule is CCCCCC(C)(C)N1C(=O)C(Cl)C(Cl)S1=O. The number of halogens is 2. The first-order valence-electron chi connectivity index (χ1n) is 5.86. The summed E-state index contributed by atoms with van der Waals surface area (Å²) in [4.78, 5) is 11.9. The second kappa shape index (κ2) is 5.89. The van der Waals surface area contributed by atoms with Crippen LogP contribution < -0.4 is 0 Å². The van der Waals surface area contributed by atoms with Gasteiger partial charge in [-0.2, -0.15) is 0 Å². The van der Waals surface area contributed by atoms with E-state index in [1.54, 1.807) is 0 Å². The Kier molecular flexibility index (Phi) is 5.29. The fourth-order valence-corrected chi connectivity index (χ4v) is 4.12. The molecule has 3 unspecified atom stereocenters. The number of hydrogen-bond donors (Lipinski definition) is 0. The number of rotatable bonds is 5. The molecule has 1 amide bonds. The first-order chi connectivity index (χ1) is 7.83. The molecule has 1 rings (SSSR count). The van der Waals surface area contributed by atoms with Gasteiger partial charge < -0.3 is 0 Å². The van der Waals surface area contributed by atoms with Gasteiger partial charge in [0.1, 0.15) is 16.4 Å². The molecular formula is C11H19Cl2NO2S. The Balaban J connectivity index is 2.77. The minimum absolute atomic E-state index is 0.313. The zero-order valence-electron chi connectivity index (χ0n) is 10.4. The van der Waals surface area contributed by atoms with Crippen LogP contribution in [0.25, 0.3) is 0 Å². The van der Waals surface area contributed by atoms with E-state index in [1.165, 1.54) is 4.31 Å². The molecule has 0 spiro atoms. The molecule has 3 atom stereocenters. The Labute approximate surface area is 115 Å². The van der Waals surface area contributed by atoms with Crippen LogP contribution in [-0.4, -0.2) is 30.0 Å². The van der Waals surface area contributed by atoms with Gasteiger partial charge in [-0.1, -0.05) is 26.2 Å². The summed E-state index contributed by atoms with van der Waals surface area (Å²) in [7, 11) is -1.52. The second-order valence-electron chi connectivity index (χ2n) is 4.93. The van der Waals surface area contributed by atoms with Crippen LogP contribution in [-0.2, 0) is 15.8 Å². The summed E-state index contributed by atoms with van der Waals surface area (Å²) in [6, 6.07) is 0. The molecule has 1 aliphatic rings. The van der Waals surface area contributed by atoms with Crippen LogP contribution in [0.2, 0.25) is 0 Å². The highest BCUT2D eigenvalue weighted by Crippen LogP contribution is 2.35. The number of alkyl halides is 2. The molecule has 1 heterocycles. The summed E-state index contributed by atoms with van der Waals surface area (Å²) in [6.07, 6.45) is 4.03. The molecule has 17 heavy (non-hydrogen) atoms. The van der Waals surface area contributed by atoms with E-state index in [0.717, 1.165) is 25.7 Å². The fourth-order valence-electron chi connectivity index (χ4n) is 1.97. The summed E-state index contributed by atoms with van der Waals surface area (Å²) >= 11 is 11.7. The number of hydrogen-bond acceptors (Lipinski definition) is 2. The topological polar surface area (TPSA) is 37.4 Å². The molecule has 0 aromatic rings. The zero-order chi connectivity index (χ0) is 13.2. The van der Waals surface area contributed by atoms with Crippen molar-refractivity contribution in [3.05, 3.63) is 0 Å². The van der Waals surface area contributed by atoms with Crippen LogP contribution >= 0.6 is 23.2 Å². The fraction of sp³-hybridized carbons (Fsp3) is 0.909. The first kappa shape index (κ1) is 15.3. The lowest BCUT2D eigenvalue weighted by molar-refractivity contribution is -0.127. The van der Waals surface area contributed by atoms with E-state index in [2.05, 4.69) is 6.92 Å². The van der Waals surface area contributed by atoms with Crippen molar-refractivity contribution in [1.82, 2.24) is 4.31 Å². The summed E-state index contributed by atoms with van der Waals surface area (Å²) in [5.41, 5.74) is -0.451. The van der Waals surface area contributed by atoms with E-state index in [0.29, 0.717) is 0 Å². The van der Waals surface area contributed by atoms with E-state index in [9.17, 15) is 9.00 Å². The summed E-state index contributed by atoms with van der Waals surface area (Å²) < 4.78 is 12.6. The lowest BCUT2D eigenvalue weighted by Gasteiger charge is -2.34. The summed E-state index contributed by atoms with van der Waals surface area (Å²) in [6.45, 7) is 5.95. The highest BCUT2D eigenvalue weighted by molar-refractivity contribution is 7.86. The molecule has 1 saturated heterocycles. The maximum Gasteiger partial charge on any atom is 0.255 e. The van der Waals surface area contributed by atoms with Crippen molar-refractivity contribution in [1.29, 1.82) is 0 Å². The van der Waals surface area contributed by atoms with E-state index >= 15 is 0 Å². The van der Waals surface area contributed by atoms with Crippen LogP contribution in [0.5, 0.6) is 0 Å². The lowest BCUT2D eigenvalue weighted by Crippen LogP contribution is -2.46. The van der Waals surface area contributed by atoms with Crippen molar-refractivity contribution in [2.24, 2.45) is 0 Å². The van der Waals surface area contributed by atoms with Crippen molar-refractivity contribution in [2.75, 3.05) is 0 Å². The molecule has 1 aliphatic heterocycles. The van der Waals surface area contributed by atoms with Gasteiger partial charge in [0, 0.05) is 0 Å². The van der Waals surface area contributed by atoms with Gasteiger partial charge in [-0.05, 0) is 20.3 Å². The highest BCUT2D eigenvalue weighted by Gasteiger charge is 2.50. The second-order valence-corrected chi connectivity index (χ2v) is 7.56. The third-order valence-corrected chi connectivity index (χ3v) is 6.10. The van der Waals surface area contributed by atoms with E-state index < -0.39 is 26.6 Å². The van der Waals surface area contributed by atoms with Crippen molar-refractivity contribution in [3.63, 3.8) is 0 Å². The van der Waals surface area contributed by atoms with Crippen molar-refractivity contribution in [2.45, 2.75) is 62.1 Å². The highest BCUT2D eigenvalue weighted by atomic mass is 35.5. The number of unbranched alkanes of at least 4 members (excludes halogenated alkanes) is 2. The largest absolute Gasteiger partial charge is 0.272 e. The van der Waals surface area contributed by atoms with Gasteiger partial charge in [0.25, 0.3) is 5.91 Å². The van der Waals surface area contributed by atoms with Crippen LogP contribution in [0.1, 0.15) is 46.5 Å². The van der Waals surface area contributed by atoms with Gasteiger partial charge in [-0.25, -0.2) is 4.21 Å². The molecule has 0 aromatic heterocycles. The van der Waals surface area contributed by atoms with Gasteiger partial charge in [0.15, 0.2) is 4.71 Å². The third-order valence-electron chi connectivity index (χ3n) is 2.98. The number of carbonyl (C=O) groups is 1. The van der Waals surface area contributed by atoms with E-state index in [-0.39, 0.29) is 5.91 Å². The van der Waals surface area contributed by atoms with Crippen molar-refractivity contribution in [3.8, 4) is 0 Å². The van der Waals surface area contributed by atoms with Gasteiger partial charge >= 0.3 is 0 Å². The number of carbonyl (C=O) groups excluding carboxylic acids is 1. The Morgan fingerprint density at radius 1 is 1.35 bits per heavy atom. The van der Waals surface area contributed by atoms with E-state index in [1.807, 2.05) is 13.8 Å². The molecule has 0 bridgehead atoms. The average Bonchev–Trinajstić information content (AvgIpc) is 2.44. The summed E-state index contributed by atoms with van der Waals surface area (Å²) in [5.74, 6) is -0.313.